The van der Waals surface area contributed by atoms with E-state index in [9.17, 15) is 10.2 Å². The van der Waals surface area contributed by atoms with Crippen molar-refractivity contribution in [2.75, 3.05) is 5.32 Å². The van der Waals surface area contributed by atoms with Gasteiger partial charge in [-0.15, -0.1) is 0 Å². The lowest BCUT2D eigenvalue weighted by Crippen LogP contribution is -1.99. The van der Waals surface area contributed by atoms with E-state index in [1.54, 1.807) is 6.07 Å². The van der Waals surface area contributed by atoms with E-state index in [4.69, 9.17) is 0 Å². The molecule has 1 aliphatic heterocycles. The summed E-state index contributed by atoms with van der Waals surface area (Å²) in [5.74, 6) is 0.0530. The number of phenols is 2. The van der Waals surface area contributed by atoms with Gasteiger partial charge in [-0.3, -0.25) is 0 Å². The zero-order valence-corrected chi connectivity index (χ0v) is 7.73. The summed E-state index contributed by atoms with van der Waals surface area (Å²) in [4.78, 5) is 4.05. The van der Waals surface area contributed by atoms with Crippen LogP contribution in [0, 0.1) is 0 Å². The van der Waals surface area contributed by atoms with Gasteiger partial charge in [0.15, 0.2) is 0 Å². The van der Waals surface area contributed by atoms with Crippen molar-refractivity contribution in [3.63, 3.8) is 0 Å². The number of hydrogen-bond donors (Lipinski definition) is 3. The van der Waals surface area contributed by atoms with E-state index < -0.39 is 0 Å². The Morgan fingerprint density at radius 2 is 2.00 bits per heavy atom. The molecule has 4 heteroatoms. The average molecular weight is 200 g/mol. The largest absolute Gasteiger partial charge is 0.507 e. The maximum atomic E-state index is 9.68. The molecule has 1 aliphatic rings. The lowest BCUT2D eigenvalue weighted by Gasteiger charge is -2.14. The van der Waals surface area contributed by atoms with Crippen LogP contribution in [0.15, 0.2) is 29.3 Å². The van der Waals surface area contributed by atoms with Gasteiger partial charge in [-0.25, -0.2) is 4.99 Å². The van der Waals surface area contributed by atoms with Crippen LogP contribution in [0.5, 0.6) is 11.5 Å². The molecule has 0 unspecified atom stereocenters. The van der Waals surface area contributed by atoms with E-state index in [-0.39, 0.29) is 11.5 Å². The smallest absolute Gasteiger partial charge is 0.145 e. The Balaban J connectivity index is 2.59. The number of aromatic hydroxyl groups is 2. The van der Waals surface area contributed by atoms with Crippen LogP contribution in [-0.2, 0) is 0 Å². The highest BCUT2D eigenvalue weighted by Gasteiger charge is 2.15. The first kappa shape index (κ1) is 8.11. The quantitative estimate of drug-likeness (QED) is 0.611. The molecule has 0 amide bonds. The van der Waals surface area contributed by atoms with E-state index in [2.05, 4.69) is 10.3 Å². The summed E-state index contributed by atoms with van der Waals surface area (Å²) in [6, 6.07) is 6.81. The van der Waals surface area contributed by atoms with Crippen LogP contribution in [0.4, 0.5) is 11.4 Å². The number of nitrogens with zero attached hydrogens (tertiary/aromatic N) is 1. The molecule has 0 fully saturated rings. The molecule has 0 aliphatic carbocycles. The number of nitrogens with one attached hydrogen (secondary N) is 1. The topological polar surface area (TPSA) is 64.8 Å². The van der Waals surface area contributed by atoms with Gasteiger partial charge in [0, 0.05) is 22.5 Å². The Labute approximate surface area is 85.5 Å². The van der Waals surface area contributed by atoms with Gasteiger partial charge in [-0.2, -0.15) is 0 Å². The molecule has 0 aromatic heterocycles. The third kappa shape index (κ3) is 0.985. The Bertz CT molecular complexity index is 591. The molecule has 4 nitrogen and oxygen atoms in total. The molecule has 1 heterocycles. The van der Waals surface area contributed by atoms with Gasteiger partial charge in [0.1, 0.15) is 17.2 Å². The van der Waals surface area contributed by atoms with E-state index in [1.807, 2.05) is 12.1 Å². The predicted molar refractivity (Wildman–Crippen MR) is 59.1 cm³/mol. The molecular weight excluding hydrogens is 192 g/mol. The van der Waals surface area contributed by atoms with Gasteiger partial charge in [0.2, 0.25) is 0 Å². The molecule has 0 radical (unpaired) electrons. The first-order valence-electron chi connectivity index (χ1n) is 4.54. The fourth-order valence-electron chi connectivity index (χ4n) is 1.84. The van der Waals surface area contributed by atoms with Gasteiger partial charge in [0.25, 0.3) is 0 Å². The molecule has 0 atom stereocenters. The lowest BCUT2D eigenvalue weighted by molar-refractivity contribution is 0.456. The van der Waals surface area contributed by atoms with Crippen molar-refractivity contribution in [2.24, 2.45) is 4.99 Å². The fourth-order valence-corrected chi connectivity index (χ4v) is 1.84. The molecule has 2 aromatic carbocycles. The van der Waals surface area contributed by atoms with Gasteiger partial charge in [-0.05, 0) is 6.07 Å². The Morgan fingerprint density at radius 1 is 1.13 bits per heavy atom. The summed E-state index contributed by atoms with van der Waals surface area (Å²) in [7, 11) is 0. The van der Waals surface area contributed by atoms with Crippen LogP contribution in [0.3, 0.4) is 0 Å². The number of hydrogen-bond acceptors (Lipinski definition) is 4. The third-order valence-corrected chi connectivity index (χ3v) is 2.51. The highest BCUT2D eigenvalue weighted by Crippen LogP contribution is 2.44. The minimum atomic E-state index is -0.00907. The summed E-state index contributed by atoms with van der Waals surface area (Å²) in [6.07, 6.45) is 1.52. The summed E-state index contributed by atoms with van der Waals surface area (Å²) >= 11 is 0. The van der Waals surface area contributed by atoms with Gasteiger partial charge < -0.3 is 15.5 Å². The van der Waals surface area contributed by atoms with Crippen LogP contribution in [-0.4, -0.2) is 16.6 Å². The number of phenolic OH excluding ortho intramolecular Hbond substituents is 2. The Kier molecular flexibility index (Phi) is 1.42. The molecule has 0 spiro atoms. The van der Waals surface area contributed by atoms with Crippen LogP contribution in [0.2, 0.25) is 0 Å². The summed E-state index contributed by atoms with van der Waals surface area (Å²) in [6.45, 7) is 0. The van der Waals surface area contributed by atoms with Crippen molar-refractivity contribution in [3.8, 4) is 11.5 Å². The second kappa shape index (κ2) is 2.63. The molecule has 3 rings (SSSR count). The summed E-state index contributed by atoms with van der Waals surface area (Å²) in [5, 5.41) is 23.7. The standard InChI is InChI=1S/C11H8N2O2/c14-8-4-9(15)11-10-6(8)2-1-3-7(10)12-5-13-11/h1-5,14-15H,(H,12,13). The molecular formula is C11H8N2O2. The molecule has 0 bridgehead atoms. The minimum absolute atomic E-state index is 0.00907. The average Bonchev–Trinajstić information content (AvgIpc) is 2.25. The molecule has 74 valence electrons. The first-order valence-corrected chi connectivity index (χ1v) is 4.54. The lowest BCUT2D eigenvalue weighted by atomic mass is 10.0. The Morgan fingerprint density at radius 3 is 2.87 bits per heavy atom. The predicted octanol–water partition coefficient (Wildman–Crippen LogP) is 2.34. The van der Waals surface area contributed by atoms with Gasteiger partial charge in [0.05, 0.1) is 6.34 Å². The monoisotopic (exact) mass is 200 g/mol. The van der Waals surface area contributed by atoms with Crippen molar-refractivity contribution in [1.82, 2.24) is 0 Å². The second-order valence-electron chi connectivity index (χ2n) is 3.39. The Hall–Kier alpha value is -2.23. The van der Waals surface area contributed by atoms with Crippen LogP contribution >= 0.6 is 0 Å². The maximum Gasteiger partial charge on any atom is 0.145 e. The highest BCUT2D eigenvalue weighted by atomic mass is 16.3. The van der Waals surface area contributed by atoms with Crippen molar-refractivity contribution in [1.29, 1.82) is 0 Å². The zero-order valence-electron chi connectivity index (χ0n) is 7.73. The fraction of sp³-hybridized carbons (Fsp3) is 0. The molecule has 2 aromatic rings. The first-order chi connectivity index (χ1) is 7.27. The highest BCUT2D eigenvalue weighted by molar-refractivity contribution is 6.12. The van der Waals surface area contributed by atoms with E-state index >= 15 is 0 Å². The SMILES string of the molecule is Oc1cc(O)c2cccc3c2c1N=CN3. The van der Waals surface area contributed by atoms with Crippen LogP contribution < -0.4 is 5.32 Å². The van der Waals surface area contributed by atoms with Crippen LogP contribution in [0.25, 0.3) is 10.8 Å². The third-order valence-electron chi connectivity index (χ3n) is 2.51. The van der Waals surface area contributed by atoms with E-state index in [0.29, 0.717) is 11.1 Å². The van der Waals surface area contributed by atoms with Crippen LogP contribution in [0.1, 0.15) is 0 Å². The molecule has 3 N–H and O–H groups in total. The zero-order chi connectivity index (χ0) is 10.4. The van der Waals surface area contributed by atoms with Crippen molar-refractivity contribution in [2.45, 2.75) is 0 Å². The van der Waals surface area contributed by atoms with E-state index in [0.717, 1.165) is 11.1 Å². The summed E-state index contributed by atoms with van der Waals surface area (Å²) in [5.41, 5.74) is 1.33. The number of benzene rings is 2. The van der Waals surface area contributed by atoms with Crippen molar-refractivity contribution < 1.29 is 10.2 Å². The number of anilines is 1. The van der Waals surface area contributed by atoms with Crippen molar-refractivity contribution >= 4 is 28.5 Å². The number of rotatable bonds is 0. The second-order valence-corrected chi connectivity index (χ2v) is 3.39. The van der Waals surface area contributed by atoms with Gasteiger partial charge >= 0.3 is 0 Å². The molecule has 0 saturated carbocycles. The van der Waals surface area contributed by atoms with Crippen molar-refractivity contribution in [3.05, 3.63) is 24.3 Å². The van der Waals surface area contributed by atoms with Gasteiger partial charge in [-0.1, -0.05) is 12.1 Å². The molecule has 0 saturated heterocycles. The minimum Gasteiger partial charge on any atom is -0.507 e. The summed E-state index contributed by atoms with van der Waals surface area (Å²) < 4.78 is 0. The van der Waals surface area contributed by atoms with E-state index in [1.165, 1.54) is 12.4 Å². The normalized spacial score (nSPS) is 12.8. The number of aliphatic imine (C=N–C) groups is 1. The maximum absolute atomic E-state index is 9.68. The molecule has 15 heavy (non-hydrogen) atoms.